The third-order valence-corrected chi connectivity index (χ3v) is 4.38. The minimum atomic E-state index is 0.234. The highest BCUT2D eigenvalue weighted by atomic mass is 35.5. The van der Waals surface area contributed by atoms with Crippen LogP contribution in [0.4, 0.5) is 5.82 Å². The minimum Gasteiger partial charge on any atom is -0.493 e. The van der Waals surface area contributed by atoms with Crippen molar-refractivity contribution in [2.75, 3.05) is 26.6 Å². The van der Waals surface area contributed by atoms with Gasteiger partial charge in [0.25, 0.3) is 0 Å². The third kappa shape index (κ3) is 2.44. The number of benzene rings is 1. The van der Waals surface area contributed by atoms with Crippen molar-refractivity contribution in [1.29, 1.82) is 0 Å². The van der Waals surface area contributed by atoms with Crippen molar-refractivity contribution in [3.8, 4) is 22.6 Å². The molecule has 0 amide bonds. The first-order valence-electron chi connectivity index (χ1n) is 6.52. The van der Waals surface area contributed by atoms with Gasteiger partial charge in [0.2, 0.25) is 5.28 Å². The van der Waals surface area contributed by atoms with Crippen LogP contribution in [0.2, 0.25) is 5.28 Å². The van der Waals surface area contributed by atoms with Gasteiger partial charge in [-0.1, -0.05) is 6.07 Å². The number of hydrogen-bond acceptors (Lipinski definition) is 6. The molecule has 2 heterocycles. The third-order valence-electron chi connectivity index (χ3n) is 3.34. The molecule has 0 bridgehead atoms. The van der Waals surface area contributed by atoms with Crippen LogP contribution in [0.25, 0.3) is 21.3 Å². The Balaban J connectivity index is 2.22. The second kappa shape index (κ2) is 5.98. The van der Waals surface area contributed by atoms with Crippen LogP contribution in [0.5, 0.6) is 11.5 Å². The SMILES string of the molecule is CNc1nc(Cl)nc2scc(-c3ccc(OC)c(OC)c3)c12. The van der Waals surface area contributed by atoms with Gasteiger partial charge in [-0.25, -0.2) is 9.97 Å². The molecule has 3 aromatic rings. The molecule has 0 radical (unpaired) electrons. The summed E-state index contributed by atoms with van der Waals surface area (Å²) in [5.41, 5.74) is 2.04. The standard InChI is InChI=1S/C15H14ClN3O2S/c1-17-13-12-9(7-22-14(12)19-15(16)18-13)8-4-5-10(20-2)11(6-8)21-3/h4-7H,1-3H3,(H,17,18,19). The number of nitrogens with one attached hydrogen (secondary N) is 1. The van der Waals surface area contributed by atoms with Gasteiger partial charge in [-0.15, -0.1) is 11.3 Å². The van der Waals surface area contributed by atoms with Crippen LogP contribution >= 0.6 is 22.9 Å². The van der Waals surface area contributed by atoms with Gasteiger partial charge in [-0.3, -0.25) is 0 Å². The summed E-state index contributed by atoms with van der Waals surface area (Å²) in [5.74, 6) is 2.08. The lowest BCUT2D eigenvalue weighted by atomic mass is 10.1. The lowest BCUT2D eigenvalue weighted by molar-refractivity contribution is 0.355. The van der Waals surface area contributed by atoms with Crippen molar-refractivity contribution in [1.82, 2.24) is 9.97 Å². The fourth-order valence-electron chi connectivity index (χ4n) is 2.31. The molecular weight excluding hydrogens is 322 g/mol. The summed E-state index contributed by atoms with van der Waals surface area (Å²) in [7, 11) is 5.05. The van der Waals surface area contributed by atoms with Crippen molar-refractivity contribution in [3.05, 3.63) is 28.9 Å². The number of fused-ring (bicyclic) bond motifs is 1. The van der Waals surface area contributed by atoms with Gasteiger partial charge in [-0.05, 0) is 29.3 Å². The Hall–Kier alpha value is -2.05. The molecule has 0 unspecified atom stereocenters. The summed E-state index contributed by atoms with van der Waals surface area (Å²) in [6, 6.07) is 5.80. The number of thiophene rings is 1. The van der Waals surface area contributed by atoms with Crippen molar-refractivity contribution in [2.45, 2.75) is 0 Å². The molecule has 0 aliphatic rings. The lowest BCUT2D eigenvalue weighted by Gasteiger charge is -2.10. The monoisotopic (exact) mass is 335 g/mol. The predicted molar refractivity (Wildman–Crippen MR) is 90.5 cm³/mol. The number of methoxy groups -OCH3 is 2. The van der Waals surface area contributed by atoms with Crippen LogP contribution in [0.3, 0.4) is 0 Å². The highest BCUT2D eigenvalue weighted by Gasteiger charge is 2.15. The van der Waals surface area contributed by atoms with Gasteiger partial charge in [0, 0.05) is 18.0 Å². The Morgan fingerprint density at radius 1 is 1.14 bits per heavy atom. The van der Waals surface area contributed by atoms with Crippen molar-refractivity contribution in [3.63, 3.8) is 0 Å². The molecule has 0 saturated carbocycles. The number of nitrogens with zero attached hydrogens (tertiary/aromatic N) is 2. The Morgan fingerprint density at radius 3 is 2.59 bits per heavy atom. The topological polar surface area (TPSA) is 56.3 Å². The lowest BCUT2D eigenvalue weighted by Crippen LogP contribution is -1.96. The summed E-state index contributed by atoms with van der Waals surface area (Å²) in [4.78, 5) is 9.37. The van der Waals surface area contributed by atoms with Crippen LogP contribution in [0, 0.1) is 0 Å². The minimum absolute atomic E-state index is 0.234. The van der Waals surface area contributed by atoms with Gasteiger partial charge in [0.05, 0.1) is 19.6 Å². The molecule has 1 aromatic carbocycles. The van der Waals surface area contributed by atoms with Crippen LogP contribution in [0.1, 0.15) is 0 Å². The number of anilines is 1. The van der Waals surface area contributed by atoms with Crippen LogP contribution < -0.4 is 14.8 Å². The normalized spacial score (nSPS) is 10.7. The Bertz CT molecular complexity index is 835. The van der Waals surface area contributed by atoms with E-state index in [1.807, 2.05) is 30.6 Å². The summed E-state index contributed by atoms with van der Waals surface area (Å²) in [5, 5.41) is 6.29. The van der Waals surface area contributed by atoms with Gasteiger partial charge in [-0.2, -0.15) is 0 Å². The molecule has 1 N–H and O–H groups in total. The van der Waals surface area contributed by atoms with E-state index in [0.717, 1.165) is 21.3 Å². The number of rotatable bonds is 4. The van der Waals surface area contributed by atoms with Gasteiger partial charge < -0.3 is 14.8 Å². The van der Waals surface area contributed by atoms with E-state index in [2.05, 4.69) is 15.3 Å². The molecule has 3 rings (SSSR count). The molecule has 114 valence electrons. The average Bonchev–Trinajstić information content (AvgIpc) is 2.96. The fourth-order valence-corrected chi connectivity index (χ4v) is 3.48. The molecule has 0 aliphatic heterocycles. The van der Waals surface area contributed by atoms with E-state index in [1.54, 1.807) is 14.2 Å². The zero-order chi connectivity index (χ0) is 15.7. The summed E-state index contributed by atoms with van der Waals surface area (Å²) in [6.07, 6.45) is 0. The Morgan fingerprint density at radius 2 is 1.91 bits per heavy atom. The first-order valence-corrected chi connectivity index (χ1v) is 7.78. The summed E-state index contributed by atoms with van der Waals surface area (Å²) in [6.45, 7) is 0. The Labute approximate surface area is 136 Å². The molecule has 0 atom stereocenters. The summed E-state index contributed by atoms with van der Waals surface area (Å²) < 4.78 is 10.7. The second-order valence-corrected chi connectivity index (χ2v) is 5.69. The molecule has 7 heteroatoms. The van der Waals surface area contributed by atoms with Crippen LogP contribution in [0.15, 0.2) is 23.6 Å². The maximum absolute atomic E-state index is 5.95. The molecule has 0 saturated heterocycles. The highest BCUT2D eigenvalue weighted by molar-refractivity contribution is 7.17. The van der Waals surface area contributed by atoms with Gasteiger partial charge in [0.1, 0.15) is 10.6 Å². The zero-order valence-electron chi connectivity index (χ0n) is 12.3. The number of hydrogen-bond donors (Lipinski definition) is 1. The largest absolute Gasteiger partial charge is 0.493 e. The molecule has 2 aromatic heterocycles. The summed E-state index contributed by atoms with van der Waals surface area (Å²) >= 11 is 7.48. The quantitative estimate of drug-likeness (QED) is 0.728. The number of aromatic nitrogens is 2. The molecule has 5 nitrogen and oxygen atoms in total. The number of halogens is 1. The zero-order valence-corrected chi connectivity index (χ0v) is 13.9. The molecule has 0 spiro atoms. The highest BCUT2D eigenvalue weighted by Crippen LogP contribution is 2.40. The van der Waals surface area contributed by atoms with Gasteiger partial charge in [0.15, 0.2) is 11.5 Å². The van der Waals surface area contributed by atoms with E-state index in [0.29, 0.717) is 17.3 Å². The molecule has 22 heavy (non-hydrogen) atoms. The smallest absolute Gasteiger partial charge is 0.225 e. The van der Waals surface area contributed by atoms with Crippen LogP contribution in [-0.2, 0) is 0 Å². The average molecular weight is 336 g/mol. The predicted octanol–water partition coefficient (Wildman–Crippen LogP) is 4.07. The van der Waals surface area contributed by atoms with Crippen molar-refractivity contribution >= 4 is 39.0 Å². The van der Waals surface area contributed by atoms with Crippen LogP contribution in [-0.4, -0.2) is 31.2 Å². The van der Waals surface area contributed by atoms with E-state index in [4.69, 9.17) is 21.1 Å². The van der Waals surface area contributed by atoms with Crippen molar-refractivity contribution < 1.29 is 9.47 Å². The maximum atomic E-state index is 5.95. The van der Waals surface area contributed by atoms with E-state index >= 15 is 0 Å². The second-order valence-electron chi connectivity index (χ2n) is 4.49. The van der Waals surface area contributed by atoms with Crippen molar-refractivity contribution in [2.24, 2.45) is 0 Å². The van der Waals surface area contributed by atoms with E-state index < -0.39 is 0 Å². The first-order chi connectivity index (χ1) is 10.7. The number of ether oxygens (including phenoxy) is 2. The molecule has 0 aliphatic carbocycles. The molecular formula is C15H14ClN3O2S. The Kier molecular flexibility index (Phi) is 4.04. The van der Waals surface area contributed by atoms with E-state index in [1.165, 1.54) is 11.3 Å². The van der Waals surface area contributed by atoms with E-state index in [-0.39, 0.29) is 5.28 Å². The fraction of sp³-hybridized carbons (Fsp3) is 0.200. The van der Waals surface area contributed by atoms with E-state index in [9.17, 15) is 0 Å². The molecule has 0 fully saturated rings. The van der Waals surface area contributed by atoms with Gasteiger partial charge >= 0.3 is 0 Å². The maximum Gasteiger partial charge on any atom is 0.225 e. The first kappa shape index (κ1) is 14.9.